The lowest BCUT2D eigenvalue weighted by molar-refractivity contribution is -0.119. The molecule has 0 radical (unpaired) electrons. The molecule has 0 bridgehead atoms. The van der Waals surface area contributed by atoms with Crippen molar-refractivity contribution in [2.24, 2.45) is 5.73 Å². The molecule has 0 heterocycles. The van der Waals surface area contributed by atoms with Gasteiger partial charge >= 0.3 is 0 Å². The number of aliphatic hydroxyl groups excluding tert-OH is 1. The summed E-state index contributed by atoms with van der Waals surface area (Å²) < 4.78 is 0. The van der Waals surface area contributed by atoms with Gasteiger partial charge in [-0.15, -0.1) is 0 Å². The SMILES string of the molecule is CC(=O)NC[C@@H](N)O. The predicted molar refractivity (Wildman–Crippen MR) is 28.9 cm³/mol. The number of carbonyl (C=O) groups is 1. The van der Waals surface area contributed by atoms with E-state index in [9.17, 15) is 4.79 Å². The van der Waals surface area contributed by atoms with Crippen LogP contribution in [-0.4, -0.2) is 23.8 Å². The molecule has 4 N–H and O–H groups in total. The van der Waals surface area contributed by atoms with Gasteiger partial charge in [0.05, 0.1) is 6.54 Å². The van der Waals surface area contributed by atoms with Crippen molar-refractivity contribution in [3.05, 3.63) is 0 Å². The summed E-state index contributed by atoms with van der Waals surface area (Å²) in [5.74, 6) is -0.186. The van der Waals surface area contributed by atoms with E-state index >= 15 is 0 Å². The minimum absolute atomic E-state index is 0.120. The molecule has 0 saturated heterocycles. The minimum Gasteiger partial charge on any atom is -0.377 e. The summed E-state index contributed by atoms with van der Waals surface area (Å²) in [6.07, 6.45) is -0.945. The van der Waals surface area contributed by atoms with Crippen molar-refractivity contribution in [3.63, 3.8) is 0 Å². The number of amides is 1. The molecule has 0 unspecified atom stereocenters. The summed E-state index contributed by atoms with van der Waals surface area (Å²) in [5, 5.41) is 10.7. The molecular weight excluding hydrogens is 108 g/mol. The van der Waals surface area contributed by atoms with E-state index in [-0.39, 0.29) is 12.5 Å². The number of carbonyl (C=O) groups excluding carboxylic acids is 1. The smallest absolute Gasteiger partial charge is 0.217 e. The number of rotatable bonds is 2. The van der Waals surface area contributed by atoms with Crippen molar-refractivity contribution < 1.29 is 9.90 Å². The van der Waals surface area contributed by atoms with E-state index in [0.29, 0.717) is 0 Å². The molecule has 8 heavy (non-hydrogen) atoms. The standard InChI is InChI=1S/C4H10N2O2/c1-3(7)6-2-4(5)8/h4,8H,2,5H2,1H3,(H,6,7)/t4-/m0/s1. The van der Waals surface area contributed by atoms with Crippen LogP contribution in [0.25, 0.3) is 0 Å². The lowest BCUT2D eigenvalue weighted by Crippen LogP contribution is -2.35. The van der Waals surface area contributed by atoms with Gasteiger partial charge in [0.25, 0.3) is 0 Å². The minimum atomic E-state index is -0.945. The lowest BCUT2D eigenvalue weighted by atomic mass is 10.5. The predicted octanol–water partition coefficient (Wildman–Crippen LogP) is -1.60. The highest BCUT2D eigenvalue weighted by molar-refractivity contribution is 5.72. The van der Waals surface area contributed by atoms with Gasteiger partial charge in [-0.05, 0) is 0 Å². The lowest BCUT2D eigenvalue weighted by Gasteiger charge is -2.02. The van der Waals surface area contributed by atoms with Gasteiger partial charge < -0.3 is 16.2 Å². The van der Waals surface area contributed by atoms with E-state index in [1.54, 1.807) is 0 Å². The third kappa shape index (κ3) is 5.39. The summed E-state index contributed by atoms with van der Waals surface area (Å²) in [4.78, 5) is 10.1. The van der Waals surface area contributed by atoms with E-state index in [1.807, 2.05) is 0 Å². The normalized spacial score (nSPS) is 12.9. The van der Waals surface area contributed by atoms with Gasteiger partial charge in [-0.2, -0.15) is 0 Å². The highest BCUT2D eigenvalue weighted by Crippen LogP contribution is 1.64. The van der Waals surface area contributed by atoms with Crippen LogP contribution < -0.4 is 11.1 Å². The van der Waals surface area contributed by atoms with Crippen molar-refractivity contribution in [3.8, 4) is 0 Å². The molecule has 48 valence electrons. The van der Waals surface area contributed by atoms with Crippen LogP contribution in [0.1, 0.15) is 6.92 Å². The molecule has 0 aromatic rings. The Bertz CT molecular complexity index is 82.1. The average molecular weight is 118 g/mol. The summed E-state index contributed by atoms with van der Waals surface area (Å²) in [5.41, 5.74) is 4.88. The Balaban J connectivity index is 3.05. The van der Waals surface area contributed by atoms with Crippen molar-refractivity contribution in [1.29, 1.82) is 0 Å². The van der Waals surface area contributed by atoms with Gasteiger partial charge in [0, 0.05) is 6.92 Å². The fourth-order valence-corrected chi connectivity index (χ4v) is 0.248. The maximum Gasteiger partial charge on any atom is 0.217 e. The summed E-state index contributed by atoms with van der Waals surface area (Å²) in [6, 6.07) is 0. The molecule has 0 aromatic carbocycles. The van der Waals surface area contributed by atoms with Crippen LogP contribution in [0.3, 0.4) is 0 Å². The molecule has 0 rings (SSSR count). The molecule has 0 aliphatic rings. The Kier molecular flexibility index (Phi) is 3.14. The average Bonchev–Trinajstić information content (AvgIpc) is 1.61. The zero-order chi connectivity index (χ0) is 6.57. The van der Waals surface area contributed by atoms with Crippen LogP contribution in [0, 0.1) is 0 Å². The van der Waals surface area contributed by atoms with E-state index < -0.39 is 6.23 Å². The Morgan fingerprint density at radius 2 is 2.50 bits per heavy atom. The monoisotopic (exact) mass is 118 g/mol. The van der Waals surface area contributed by atoms with E-state index in [0.717, 1.165) is 0 Å². The summed E-state index contributed by atoms with van der Waals surface area (Å²) >= 11 is 0. The highest BCUT2D eigenvalue weighted by Gasteiger charge is 1.94. The first-order valence-electron chi connectivity index (χ1n) is 2.31. The Labute approximate surface area is 47.7 Å². The summed E-state index contributed by atoms with van der Waals surface area (Å²) in [7, 11) is 0. The highest BCUT2D eigenvalue weighted by atomic mass is 16.3. The van der Waals surface area contributed by atoms with Crippen LogP contribution in [-0.2, 0) is 4.79 Å². The molecular formula is C4H10N2O2. The molecule has 0 aliphatic heterocycles. The van der Waals surface area contributed by atoms with Gasteiger partial charge in [0.1, 0.15) is 6.23 Å². The Hall–Kier alpha value is -0.610. The van der Waals surface area contributed by atoms with Gasteiger partial charge in [0.15, 0.2) is 0 Å². The molecule has 0 spiro atoms. The fourth-order valence-electron chi connectivity index (χ4n) is 0.248. The summed E-state index contributed by atoms with van der Waals surface area (Å²) in [6.45, 7) is 1.48. The van der Waals surface area contributed by atoms with Gasteiger partial charge in [-0.25, -0.2) is 0 Å². The first kappa shape index (κ1) is 7.39. The number of hydrogen-bond donors (Lipinski definition) is 3. The molecule has 0 aromatic heterocycles. The molecule has 4 nitrogen and oxygen atoms in total. The van der Waals surface area contributed by atoms with Crippen LogP contribution >= 0.6 is 0 Å². The zero-order valence-electron chi connectivity index (χ0n) is 4.72. The number of hydrogen-bond acceptors (Lipinski definition) is 3. The molecule has 0 saturated carbocycles. The number of nitrogens with two attached hydrogens (primary N) is 1. The van der Waals surface area contributed by atoms with Crippen LogP contribution in [0.4, 0.5) is 0 Å². The molecule has 1 atom stereocenters. The third-order valence-electron chi connectivity index (χ3n) is 0.560. The quantitative estimate of drug-likeness (QED) is 0.382. The van der Waals surface area contributed by atoms with E-state index in [1.165, 1.54) is 6.92 Å². The van der Waals surface area contributed by atoms with E-state index in [2.05, 4.69) is 5.32 Å². The van der Waals surface area contributed by atoms with Crippen LogP contribution in [0.5, 0.6) is 0 Å². The maximum atomic E-state index is 10.1. The van der Waals surface area contributed by atoms with Crippen molar-refractivity contribution in [2.45, 2.75) is 13.2 Å². The zero-order valence-corrected chi connectivity index (χ0v) is 4.72. The first-order valence-corrected chi connectivity index (χ1v) is 2.31. The number of aliphatic hydroxyl groups is 1. The first-order chi connectivity index (χ1) is 3.63. The second-order valence-electron chi connectivity index (χ2n) is 1.50. The largest absolute Gasteiger partial charge is 0.377 e. The molecule has 0 aliphatic carbocycles. The fraction of sp³-hybridized carbons (Fsp3) is 0.750. The van der Waals surface area contributed by atoms with Gasteiger partial charge in [-0.3, -0.25) is 4.79 Å². The number of nitrogens with one attached hydrogen (secondary N) is 1. The Morgan fingerprint density at radius 3 is 2.62 bits per heavy atom. The topological polar surface area (TPSA) is 75.4 Å². The van der Waals surface area contributed by atoms with Crippen molar-refractivity contribution >= 4 is 5.91 Å². The second-order valence-corrected chi connectivity index (χ2v) is 1.50. The van der Waals surface area contributed by atoms with Gasteiger partial charge in [-0.1, -0.05) is 0 Å². The third-order valence-corrected chi connectivity index (χ3v) is 0.560. The van der Waals surface area contributed by atoms with Crippen molar-refractivity contribution in [2.75, 3.05) is 6.54 Å². The van der Waals surface area contributed by atoms with Crippen molar-refractivity contribution in [1.82, 2.24) is 5.32 Å². The van der Waals surface area contributed by atoms with Gasteiger partial charge in [0.2, 0.25) is 5.91 Å². The maximum absolute atomic E-state index is 10.1. The van der Waals surface area contributed by atoms with E-state index in [4.69, 9.17) is 10.8 Å². The molecule has 4 heteroatoms. The molecule has 0 fully saturated rings. The Morgan fingerprint density at radius 1 is 2.00 bits per heavy atom. The van der Waals surface area contributed by atoms with Crippen LogP contribution in [0.2, 0.25) is 0 Å². The second kappa shape index (κ2) is 3.40. The molecule has 1 amide bonds. The van der Waals surface area contributed by atoms with Crippen LogP contribution in [0.15, 0.2) is 0 Å².